The Balaban J connectivity index is 2.53. The zero-order chi connectivity index (χ0) is 13.8. The maximum Gasteiger partial charge on any atom is 0.252 e. The Bertz CT molecular complexity index is 543. The molecule has 0 unspecified atom stereocenters. The van der Waals surface area contributed by atoms with Crippen molar-refractivity contribution in [2.75, 3.05) is 12.3 Å². The number of hydrogen-bond acceptors (Lipinski definition) is 3. The molecule has 0 aliphatic carbocycles. The molecule has 0 fully saturated rings. The predicted molar refractivity (Wildman–Crippen MR) is 71.1 cm³/mol. The first kappa shape index (κ1) is 14.9. The second-order valence-corrected chi connectivity index (χ2v) is 6.10. The van der Waals surface area contributed by atoms with Crippen molar-refractivity contribution in [3.63, 3.8) is 0 Å². The summed E-state index contributed by atoms with van der Waals surface area (Å²) in [4.78, 5) is 11.8. The number of amides is 1. The second kappa shape index (κ2) is 6.17. The van der Waals surface area contributed by atoms with E-state index >= 15 is 0 Å². The molecule has 0 aliphatic rings. The molecule has 0 heterocycles. The van der Waals surface area contributed by atoms with Crippen molar-refractivity contribution in [2.24, 2.45) is 5.14 Å². The maximum absolute atomic E-state index is 11.8. The van der Waals surface area contributed by atoms with Crippen LogP contribution in [0.1, 0.15) is 22.3 Å². The molecule has 5 nitrogen and oxygen atoms in total. The molecule has 0 aliphatic heterocycles. The monoisotopic (exact) mass is 290 g/mol. The minimum Gasteiger partial charge on any atom is -0.352 e. The second-order valence-electron chi connectivity index (χ2n) is 3.96. The highest BCUT2D eigenvalue weighted by molar-refractivity contribution is 7.89. The van der Waals surface area contributed by atoms with Crippen molar-refractivity contribution in [3.8, 4) is 0 Å². The number of aryl methyl sites for hydroxylation is 1. The molecule has 1 rings (SSSR count). The number of nitrogens with one attached hydrogen (secondary N) is 1. The average molecular weight is 291 g/mol. The van der Waals surface area contributed by atoms with E-state index < -0.39 is 10.0 Å². The van der Waals surface area contributed by atoms with E-state index in [1.54, 1.807) is 18.2 Å². The number of primary sulfonamides is 1. The van der Waals surface area contributed by atoms with Crippen LogP contribution in [0.4, 0.5) is 0 Å². The topological polar surface area (TPSA) is 89.3 Å². The van der Waals surface area contributed by atoms with Gasteiger partial charge in [0.1, 0.15) is 0 Å². The van der Waals surface area contributed by atoms with Gasteiger partial charge in [-0.25, -0.2) is 13.6 Å². The molecule has 1 aromatic rings. The third-order valence-electron chi connectivity index (χ3n) is 2.26. The molecular weight excluding hydrogens is 276 g/mol. The largest absolute Gasteiger partial charge is 0.352 e. The number of halogens is 1. The average Bonchev–Trinajstić information content (AvgIpc) is 2.26. The summed E-state index contributed by atoms with van der Waals surface area (Å²) < 4.78 is 21.4. The molecule has 18 heavy (non-hydrogen) atoms. The number of carbonyl (C=O) groups is 1. The number of sulfonamides is 1. The van der Waals surface area contributed by atoms with Crippen molar-refractivity contribution < 1.29 is 13.2 Å². The van der Waals surface area contributed by atoms with Crippen LogP contribution >= 0.6 is 11.6 Å². The van der Waals surface area contributed by atoms with Crippen LogP contribution in [-0.2, 0) is 10.0 Å². The smallest absolute Gasteiger partial charge is 0.252 e. The van der Waals surface area contributed by atoms with Crippen LogP contribution in [0.5, 0.6) is 0 Å². The molecule has 0 spiro atoms. The predicted octanol–water partition coefficient (Wildman–Crippen LogP) is 1.06. The van der Waals surface area contributed by atoms with E-state index in [0.717, 1.165) is 5.56 Å². The van der Waals surface area contributed by atoms with E-state index in [-0.39, 0.29) is 24.6 Å². The van der Waals surface area contributed by atoms with Crippen LogP contribution in [0.15, 0.2) is 18.2 Å². The molecular formula is C11H15ClN2O3S. The van der Waals surface area contributed by atoms with Crippen molar-refractivity contribution in [3.05, 3.63) is 34.3 Å². The lowest BCUT2D eigenvalue weighted by molar-refractivity contribution is 0.0953. The van der Waals surface area contributed by atoms with Gasteiger partial charge in [-0.1, -0.05) is 23.2 Å². The van der Waals surface area contributed by atoms with E-state index in [0.29, 0.717) is 10.6 Å². The normalized spacial score (nSPS) is 11.3. The van der Waals surface area contributed by atoms with E-state index in [1.807, 2.05) is 6.92 Å². The first-order chi connectivity index (χ1) is 8.29. The van der Waals surface area contributed by atoms with Gasteiger partial charge in [0.25, 0.3) is 5.91 Å². The molecule has 1 aromatic carbocycles. The van der Waals surface area contributed by atoms with Crippen LogP contribution in [0.3, 0.4) is 0 Å². The summed E-state index contributed by atoms with van der Waals surface area (Å²) in [5, 5.41) is 7.81. The van der Waals surface area contributed by atoms with E-state index in [4.69, 9.17) is 16.7 Å². The third-order valence-corrected chi connectivity index (χ3v) is 3.44. The van der Waals surface area contributed by atoms with Gasteiger partial charge in [-0.15, -0.1) is 0 Å². The quantitative estimate of drug-likeness (QED) is 0.795. The highest BCUT2D eigenvalue weighted by Crippen LogP contribution is 2.16. The zero-order valence-corrected chi connectivity index (χ0v) is 11.5. The van der Waals surface area contributed by atoms with Crippen LogP contribution in [0.2, 0.25) is 5.02 Å². The van der Waals surface area contributed by atoms with Gasteiger partial charge in [0.2, 0.25) is 10.0 Å². The van der Waals surface area contributed by atoms with Gasteiger partial charge >= 0.3 is 0 Å². The van der Waals surface area contributed by atoms with Gasteiger partial charge in [-0.3, -0.25) is 4.79 Å². The van der Waals surface area contributed by atoms with Crippen molar-refractivity contribution in [1.82, 2.24) is 5.32 Å². The molecule has 0 saturated carbocycles. The summed E-state index contributed by atoms with van der Waals surface area (Å²) >= 11 is 5.90. The summed E-state index contributed by atoms with van der Waals surface area (Å²) in [7, 11) is -3.48. The highest BCUT2D eigenvalue weighted by Gasteiger charge is 2.10. The van der Waals surface area contributed by atoms with Crippen molar-refractivity contribution in [1.29, 1.82) is 0 Å². The van der Waals surface area contributed by atoms with Crippen LogP contribution in [0, 0.1) is 6.92 Å². The Morgan fingerprint density at radius 1 is 1.44 bits per heavy atom. The van der Waals surface area contributed by atoms with Crippen molar-refractivity contribution in [2.45, 2.75) is 13.3 Å². The molecule has 0 atom stereocenters. The maximum atomic E-state index is 11.8. The number of benzene rings is 1. The Labute approximate surface area is 111 Å². The highest BCUT2D eigenvalue weighted by atomic mass is 35.5. The summed E-state index contributed by atoms with van der Waals surface area (Å²) in [6.45, 7) is 2.09. The fourth-order valence-electron chi connectivity index (χ4n) is 1.38. The Morgan fingerprint density at radius 2 is 2.11 bits per heavy atom. The SMILES string of the molecule is Cc1ccc(Cl)c(C(=O)NCCCS(N)(=O)=O)c1. The lowest BCUT2D eigenvalue weighted by Crippen LogP contribution is -2.27. The Kier molecular flexibility index (Phi) is 5.13. The molecule has 100 valence electrons. The van der Waals surface area contributed by atoms with Crippen LogP contribution < -0.4 is 10.5 Å². The molecule has 7 heteroatoms. The molecule has 0 saturated heterocycles. The van der Waals surface area contributed by atoms with Gasteiger partial charge in [0, 0.05) is 6.54 Å². The number of nitrogens with two attached hydrogens (primary N) is 1. The minimum absolute atomic E-state index is 0.158. The lowest BCUT2D eigenvalue weighted by Gasteiger charge is -2.07. The van der Waals surface area contributed by atoms with E-state index in [1.165, 1.54) is 0 Å². The van der Waals surface area contributed by atoms with Crippen LogP contribution in [-0.4, -0.2) is 26.6 Å². The Morgan fingerprint density at radius 3 is 2.72 bits per heavy atom. The summed E-state index contributed by atoms with van der Waals surface area (Å²) in [5.41, 5.74) is 1.31. The van der Waals surface area contributed by atoms with E-state index in [9.17, 15) is 13.2 Å². The molecule has 3 N–H and O–H groups in total. The van der Waals surface area contributed by atoms with Crippen molar-refractivity contribution >= 4 is 27.5 Å². The molecule has 0 radical (unpaired) electrons. The minimum atomic E-state index is -3.48. The van der Waals surface area contributed by atoms with Crippen LogP contribution in [0.25, 0.3) is 0 Å². The van der Waals surface area contributed by atoms with E-state index in [2.05, 4.69) is 5.32 Å². The number of hydrogen-bond donors (Lipinski definition) is 2. The first-order valence-corrected chi connectivity index (χ1v) is 7.44. The van der Waals surface area contributed by atoms with Gasteiger partial charge in [0.15, 0.2) is 0 Å². The van der Waals surface area contributed by atoms with Gasteiger partial charge in [0.05, 0.1) is 16.3 Å². The number of rotatable bonds is 5. The first-order valence-electron chi connectivity index (χ1n) is 5.34. The molecule has 0 aromatic heterocycles. The lowest BCUT2D eigenvalue weighted by atomic mass is 10.1. The summed E-state index contributed by atoms with van der Waals surface area (Å²) in [6.07, 6.45) is 0.272. The Hall–Kier alpha value is -1.11. The summed E-state index contributed by atoms with van der Waals surface area (Å²) in [6, 6.07) is 5.13. The summed E-state index contributed by atoms with van der Waals surface area (Å²) in [5.74, 6) is -0.479. The fraction of sp³-hybridized carbons (Fsp3) is 0.364. The zero-order valence-electron chi connectivity index (χ0n) is 9.94. The van der Waals surface area contributed by atoms with Gasteiger partial charge < -0.3 is 5.32 Å². The van der Waals surface area contributed by atoms with Gasteiger partial charge in [-0.05, 0) is 25.5 Å². The standard InChI is InChI=1S/C11H15ClN2O3S/c1-8-3-4-10(12)9(7-8)11(15)14-5-2-6-18(13,16)17/h3-4,7H,2,5-6H2,1H3,(H,14,15)(H2,13,16,17). The fourth-order valence-corrected chi connectivity index (χ4v) is 2.13. The third kappa shape index (κ3) is 5.03. The van der Waals surface area contributed by atoms with Gasteiger partial charge in [-0.2, -0.15) is 0 Å². The number of carbonyl (C=O) groups excluding carboxylic acids is 1. The molecule has 1 amide bonds. The molecule has 0 bridgehead atoms.